The highest BCUT2D eigenvalue weighted by atomic mass is 16.5. The molecule has 1 aromatic carbocycles. The van der Waals surface area contributed by atoms with E-state index >= 15 is 0 Å². The summed E-state index contributed by atoms with van der Waals surface area (Å²) in [7, 11) is 1.41. The molecule has 0 saturated heterocycles. The van der Waals surface area contributed by atoms with Gasteiger partial charge < -0.3 is 10.1 Å². The van der Waals surface area contributed by atoms with E-state index in [0.717, 1.165) is 17.7 Å². The molecular weight excluding hydrogens is 226 g/mol. The van der Waals surface area contributed by atoms with Crippen LogP contribution in [0.15, 0.2) is 18.2 Å². The molecule has 0 aliphatic rings. The van der Waals surface area contributed by atoms with Crippen molar-refractivity contribution in [2.45, 2.75) is 46.1 Å². The van der Waals surface area contributed by atoms with Crippen LogP contribution in [0.5, 0.6) is 0 Å². The van der Waals surface area contributed by atoms with Gasteiger partial charge in [-0.15, -0.1) is 0 Å². The van der Waals surface area contributed by atoms with Gasteiger partial charge in [0.25, 0.3) is 0 Å². The number of rotatable bonds is 6. The van der Waals surface area contributed by atoms with Crippen molar-refractivity contribution in [3.05, 3.63) is 29.3 Å². The van der Waals surface area contributed by atoms with Crippen LogP contribution >= 0.6 is 0 Å². The maximum absolute atomic E-state index is 11.7. The van der Waals surface area contributed by atoms with E-state index in [1.54, 1.807) is 0 Å². The van der Waals surface area contributed by atoms with Crippen molar-refractivity contribution in [3.63, 3.8) is 0 Å². The number of methoxy groups -OCH3 is 1. The lowest BCUT2D eigenvalue weighted by Crippen LogP contribution is -2.17. The van der Waals surface area contributed by atoms with Crippen LogP contribution in [0.4, 0.5) is 5.69 Å². The van der Waals surface area contributed by atoms with Gasteiger partial charge in [0.05, 0.1) is 12.7 Å². The molecule has 0 aliphatic carbocycles. The number of hydrogen-bond donors (Lipinski definition) is 1. The standard InChI is InChI=1S/C15H23NO2/c1-5-6-7-12(3)16-14-9-8-11(2)10-13(14)15(17)18-4/h8-10,12,16H,5-7H2,1-4H3. The van der Waals surface area contributed by atoms with Crippen molar-refractivity contribution in [1.29, 1.82) is 0 Å². The topological polar surface area (TPSA) is 38.3 Å². The lowest BCUT2D eigenvalue weighted by molar-refractivity contribution is 0.0601. The van der Waals surface area contributed by atoms with Crippen LogP contribution in [0.3, 0.4) is 0 Å². The van der Waals surface area contributed by atoms with Gasteiger partial charge in [0.15, 0.2) is 0 Å². The number of hydrogen-bond acceptors (Lipinski definition) is 3. The van der Waals surface area contributed by atoms with Gasteiger partial charge in [-0.1, -0.05) is 31.4 Å². The normalized spacial score (nSPS) is 12.0. The molecule has 0 amide bonds. The summed E-state index contributed by atoms with van der Waals surface area (Å²) in [6.07, 6.45) is 3.47. The number of carbonyl (C=O) groups is 1. The minimum Gasteiger partial charge on any atom is -0.465 e. The SMILES string of the molecule is CCCCC(C)Nc1ccc(C)cc1C(=O)OC. The molecule has 18 heavy (non-hydrogen) atoms. The van der Waals surface area contributed by atoms with Crippen molar-refractivity contribution in [3.8, 4) is 0 Å². The minimum atomic E-state index is -0.288. The molecule has 100 valence electrons. The number of unbranched alkanes of at least 4 members (excludes halogenated alkanes) is 1. The first-order valence-corrected chi connectivity index (χ1v) is 6.54. The van der Waals surface area contributed by atoms with E-state index in [1.807, 2.05) is 25.1 Å². The Hall–Kier alpha value is -1.51. The molecule has 0 spiro atoms. The maximum atomic E-state index is 11.7. The molecular formula is C15H23NO2. The fourth-order valence-corrected chi connectivity index (χ4v) is 1.91. The Bertz CT molecular complexity index is 401. The second-order valence-electron chi connectivity index (χ2n) is 4.73. The number of ether oxygens (including phenoxy) is 1. The molecule has 0 radical (unpaired) electrons. The predicted octanol–water partition coefficient (Wildman–Crippen LogP) is 3.77. The zero-order chi connectivity index (χ0) is 13.5. The molecule has 1 N–H and O–H groups in total. The van der Waals surface area contributed by atoms with Gasteiger partial charge in [0, 0.05) is 11.7 Å². The molecule has 1 atom stereocenters. The van der Waals surface area contributed by atoms with Gasteiger partial charge in [-0.05, 0) is 32.4 Å². The Morgan fingerprint density at radius 3 is 2.78 bits per heavy atom. The number of esters is 1. The third-order valence-corrected chi connectivity index (χ3v) is 2.97. The highest BCUT2D eigenvalue weighted by molar-refractivity contribution is 5.95. The predicted molar refractivity (Wildman–Crippen MR) is 75.1 cm³/mol. The third kappa shape index (κ3) is 4.06. The van der Waals surface area contributed by atoms with Crippen molar-refractivity contribution < 1.29 is 9.53 Å². The lowest BCUT2D eigenvalue weighted by atomic mass is 10.1. The maximum Gasteiger partial charge on any atom is 0.339 e. The zero-order valence-electron chi connectivity index (χ0n) is 11.7. The van der Waals surface area contributed by atoms with E-state index in [4.69, 9.17) is 4.74 Å². The summed E-state index contributed by atoms with van der Waals surface area (Å²) in [6, 6.07) is 6.17. The molecule has 0 fully saturated rings. The first-order valence-electron chi connectivity index (χ1n) is 6.54. The fourth-order valence-electron chi connectivity index (χ4n) is 1.91. The smallest absolute Gasteiger partial charge is 0.339 e. The zero-order valence-corrected chi connectivity index (χ0v) is 11.7. The number of anilines is 1. The van der Waals surface area contributed by atoms with Crippen LogP contribution in [-0.4, -0.2) is 19.1 Å². The molecule has 0 heterocycles. The quantitative estimate of drug-likeness (QED) is 0.780. The Morgan fingerprint density at radius 2 is 2.17 bits per heavy atom. The summed E-state index contributed by atoms with van der Waals surface area (Å²) >= 11 is 0. The molecule has 0 bridgehead atoms. The lowest BCUT2D eigenvalue weighted by Gasteiger charge is -2.17. The summed E-state index contributed by atoms with van der Waals surface area (Å²) in [4.78, 5) is 11.7. The summed E-state index contributed by atoms with van der Waals surface area (Å²) in [5.74, 6) is -0.288. The number of aryl methyl sites for hydroxylation is 1. The van der Waals surface area contributed by atoms with Crippen LogP contribution < -0.4 is 5.32 Å². The molecule has 3 nitrogen and oxygen atoms in total. The molecule has 1 rings (SSSR count). The van der Waals surface area contributed by atoms with Gasteiger partial charge in [-0.25, -0.2) is 4.79 Å². The van der Waals surface area contributed by atoms with Crippen molar-refractivity contribution in [1.82, 2.24) is 0 Å². The molecule has 0 aliphatic heterocycles. The van der Waals surface area contributed by atoms with Crippen molar-refractivity contribution in [2.24, 2.45) is 0 Å². The summed E-state index contributed by atoms with van der Waals surface area (Å²) in [6.45, 7) is 6.28. The van der Waals surface area contributed by atoms with Crippen LogP contribution in [-0.2, 0) is 4.74 Å². The van der Waals surface area contributed by atoms with Gasteiger partial charge in [-0.2, -0.15) is 0 Å². The fraction of sp³-hybridized carbons (Fsp3) is 0.533. The Labute approximate surface area is 110 Å². The molecule has 3 heteroatoms. The second-order valence-corrected chi connectivity index (χ2v) is 4.73. The van der Waals surface area contributed by atoms with E-state index in [2.05, 4.69) is 19.2 Å². The molecule has 0 saturated carbocycles. The Balaban J connectivity index is 2.84. The van der Waals surface area contributed by atoms with Gasteiger partial charge in [0.1, 0.15) is 0 Å². The van der Waals surface area contributed by atoms with E-state index in [1.165, 1.54) is 20.0 Å². The van der Waals surface area contributed by atoms with E-state index < -0.39 is 0 Å². The second kappa shape index (κ2) is 7.04. The van der Waals surface area contributed by atoms with Crippen LogP contribution in [0.1, 0.15) is 49.0 Å². The van der Waals surface area contributed by atoms with E-state index in [0.29, 0.717) is 11.6 Å². The van der Waals surface area contributed by atoms with Crippen LogP contribution in [0.2, 0.25) is 0 Å². The third-order valence-electron chi connectivity index (χ3n) is 2.97. The average molecular weight is 249 g/mol. The van der Waals surface area contributed by atoms with E-state index in [-0.39, 0.29) is 5.97 Å². The van der Waals surface area contributed by atoms with E-state index in [9.17, 15) is 4.79 Å². The first kappa shape index (κ1) is 14.6. The van der Waals surface area contributed by atoms with Crippen LogP contribution in [0.25, 0.3) is 0 Å². The summed E-state index contributed by atoms with van der Waals surface area (Å²) in [5, 5.41) is 3.39. The number of carbonyl (C=O) groups excluding carboxylic acids is 1. The van der Waals surface area contributed by atoms with Crippen molar-refractivity contribution in [2.75, 3.05) is 12.4 Å². The minimum absolute atomic E-state index is 0.288. The van der Waals surface area contributed by atoms with Gasteiger partial charge in [-0.3, -0.25) is 0 Å². The summed E-state index contributed by atoms with van der Waals surface area (Å²) in [5.41, 5.74) is 2.53. The molecule has 0 aromatic heterocycles. The molecule has 1 aromatic rings. The number of benzene rings is 1. The van der Waals surface area contributed by atoms with Gasteiger partial charge >= 0.3 is 5.97 Å². The Kier molecular flexibility index (Phi) is 5.69. The highest BCUT2D eigenvalue weighted by Crippen LogP contribution is 2.20. The number of nitrogens with one attached hydrogen (secondary N) is 1. The molecule has 1 unspecified atom stereocenters. The monoisotopic (exact) mass is 249 g/mol. The highest BCUT2D eigenvalue weighted by Gasteiger charge is 2.13. The van der Waals surface area contributed by atoms with Crippen molar-refractivity contribution >= 4 is 11.7 Å². The Morgan fingerprint density at radius 1 is 1.44 bits per heavy atom. The van der Waals surface area contributed by atoms with Gasteiger partial charge in [0.2, 0.25) is 0 Å². The summed E-state index contributed by atoms with van der Waals surface area (Å²) < 4.78 is 4.82. The first-order chi connectivity index (χ1) is 8.58. The largest absolute Gasteiger partial charge is 0.465 e. The van der Waals surface area contributed by atoms with Crippen LogP contribution in [0, 0.1) is 6.92 Å². The average Bonchev–Trinajstić information content (AvgIpc) is 2.37.